The summed E-state index contributed by atoms with van der Waals surface area (Å²) in [5, 5.41) is 10.9. The molecule has 3 aromatic rings. The Hall–Kier alpha value is -3.09. The molecule has 0 atom stereocenters. The Bertz CT molecular complexity index is 1120. The fourth-order valence-electron chi connectivity index (χ4n) is 2.37. The predicted octanol–water partition coefficient (Wildman–Crippen LogP) is 3.50. The third kappa shape index (κ3) is 4.02. The molecule has 27 heavy (non-hydrogen) atoms. The number of hydrogen-bond donors (Lipinski definition) is 1. The second-order valence-corrected chi connectivity index (χ2v) is 7.89. The highest BCUT2D eigenvalue weighted by atomic mass is 32.2. The van der Waals surface area contributed by atoms with Crippen LogP contribution in [0.1, 0.15) is 5.56 Å². The van der Waals surface area contributed by atoms with E-state index in [9.17, 15) is 8.42 Å². The minimum Gasteiger partial charge on any atom is -0.497 e. The van der Waals surface area contributed by atoms with Crippen LogP contribution < -0.4 is 14.2 Å². The number of hydrogen-bond acceptors (Lipinski definition) is 7. The molecule has 0 bridgehead atoms. The highest BCUT2D eigenvalue weighted by Gasteiger charge is 2.18. The minimum absolute atomic E-state index is 0.00254. The van der Waals surface area contributed by atoms with Gasteiger partial charge in [0.15, 0.2) is 5.13 Å². The van der Waals surface area contributed by atoms with Crippen LogP contribution in [0.25, 0.3) is 11.3 Å². The number of anilines is 1. The molecule has 138 valence electrons. The maximum Gasteiger partial charge on any atom is 0.263 e. The van der Waals surface area contributed by atoms with Crippen LogP contribution in [0, 0.1) is 11.3 Å². The van der Waals surface area contributed by atoms with Crippen LogP contribution in [-0.2, 0) is 10.0 Å². The van der Waals surface area contributed by atoms with Gasteiger partial charge in [0.25, 0.3) is 10.0 Å². The highest BCUT2D eigenvalue weighted by molar-refractivity contribution is 7.93. The Morgan fingerprint density at radius 2 is 1.96 bits per heavy atom. The van der Waals surface area contributed by atoms with Crippen molar-refractivity contribution >= 4 is 26.5 Å². The summed E-state index contributed by atoms with van der Waals surface area (Å²) in [6.07, 6.45) is 0. The van der Waals surface area contributed by atoms with Gasteiger partial charge in [-0.15, -0.1) is 11.3 Å². The van der Waals surface area contributed by atoms with E-state index in [-0.39, 0.29) is 15.6 Å². The molecule has 0 aliphatic carbocycles. The Morgan fingerprint density at radius 3 is 2.67 bits per heavy atom. The van der Waals surface area contributed by atoms with Gasteiger partial charge in [-0.2, -0.15) is 5.26 Å². The summed E-state index contributed by atoms with van der Waals surface area (Å²) < 4.78 is 38.1. The van der Waals surface area contributed by atoms with Crippen LogP contribution in [0.2, 0.25) is 0 Å². The molecule has 9 heteroatoms. The first-order chi connectivity index (χ1) is 13.0. The van der Waals surface area contributed by atoms with Gasteiger partial charge in [0, 0.05) is 10.9 Å². The Kier molecular flexibility index (Phi) is 5.30. The molecule has 0 unspecified atom stereocenters. The van der Waals surface area contributed by atoms with Crippen LogP contribution in [-0.4, -0.2) is 27.6 Å². The minimum atomic E-state index is -3.85. The SMILES string of the molecule is COc1ccc(OC)c(-c2csc(NS(=O)(=O)c3cccc(C#N)c3)n2)c1. The van der Waals surface area contributed by atoms with Crippen molar-refractivity contribution in [2.75, 3.05) is 18.9 Å². The third-order valence-electron chi connectivity index (χ3n) is 3.68. The zero-order chi connectivity index (χ0) is 19.4. The number of benzene rings is 2. The van der Waals surface area contributed by atoms with Crippen molar-refractivity contribution in [3.63, 3.8) is 0 Å². The van der Waals surface area contributed by atoms with Gasteiger partial charge in [0.05, 0.1) is 36.4 Å². The number of thiazole rings is 1. The van der Waals surface area contributed by atoms with Gasteiger partial charge < -0.3 is 9.47 Å². The fourth-order valence-corrected chi connectivity index (χ4v) is 4.37. The van der Waals surface area contributed by atoms with Gasteiger partial charge in [-0.05, 0) is 36.4 Å². The maximum atomic E-state index is 12.5. The molecule has 0 saturated heterocycles. The first kappa shape index (κ1) is 18.7. The lowest BCUT2D eigenvalue weighted by molar-refractivity contribution is 0.404. The second-order valence-electron chi connectivity index (χ2n) is 5.35. The Labute approximate surface area is 160 Å². The summed E-state index contributed by atoms with van der Waals surface area (Å²) in [6.45, 7) is 0. The van der Waals surface area contributed by atoms with Gasteiger partial charge in [-0.1, -0.05) is 6.07 Å². The molecule has 7 nitrogen and oxygen atoms in total. The van der Waals surface area contributed by atoms with Crippen molar-refractivity contribution < 1.29 is 17.9 Å². The van der Waals surface area contributed by atoms with E-state index in [0.717, 1.165) is 11.3 Å². The standard InChI is InChI=1S/C18H15N3O4S2/c1-24-13-6-7-17(25-2)15(9-13)16-11-26-18(20-16)21-27(22,23)14-5-3-4-12(8-14)10-19/h3-9,11H,1-2H3,(H,20,21). The molecule has 0 fully saturated rings. The summed E-state index contributed by atoms with van der Waals surface area (Å²) >= 11 is 1.15. The smallest absolute Gasteiger partial charge is 0.263 e. The summed E-state index contributed by atoms with van der Waals surface area (Å²) in [4.78, 5) is 4.34. The van der Waals surface area contributed by atoms with Crippen LogP contribution in [0.3, 0.4) is 0 Å². The van der Waals surface area contributed by atoms with Crippen LogP contribution >= 0.6 is 11.3 Å². The topological polar surface area (TPSA) is 101 Å². The molecular weight excluding hydrogens is 386 g/mol. The van der Waals surface area contributed by atoms with E-state index in [1.165, 1.54) is 24.3 Å². The first-order valence-corrected chi connectivity index (χ1v) is 10.0. The lowest BCUT2D eigenvalue weighted by Gasteiger charge is -2.08. The van der Waals surface area contributed by atoms with Crippen molar-refractivity contribution in [2.24, 2.45) is 0 Å². The van der Waals surface area contributed by atoms with Gasteiger partial charge >= 0.3 is 0 Å². The largest absolute Gasteiger partial charge is 0.497 e. The molecule has 0 aliphatic heterocycles. The van der Waals surface area contributed by atoms with E-state index in [0.29, 0.717) is 22.8 Å². The van der Waals surface area contributed by atoms with Gasteiger partial charge in [0.2, 0.25) is 0 Å². The molecule has 0 radical (unpaired) electrons. The van der Waals surface area contributed by atoms with E-state index >= 15 is 0 Å². The van der Waals surface area contributed by atoms with E-state index in [1.807, 2.05) is 6.07 Å². The molecule has 0 spiro atoms. The number of nitriles is 1. The van der Waals surface area contributed by atoms with Crippen LogP contribution in [0.15, 0.2) is 52.7 Å². The van der Waals surface area contributed by atoms with Crippen molar-refractivity contribution in [1.29, 1.82) is 5.26 Å². The number of methoxy groups -OCH3 is 2. The number of aromatic nitrogens is 1. The Balaban J connectivity index is 1.91. The number of sulfonamides is 1. The quantitative estimate of drug-likeness (QED) is 0.678. The molecule has 0 saturated carbocycles. The zero-order valence-corrected chi connectivity index (χ0v) is 16.1. The summed E-state index contributed by atoms with van der Waals surface area (Å²) in [7, 11) is -0.750. The average Bonchev–Trinajstić information content (AvgIpc) is 3.15. The maximum absolute atomic E-state index is 12.5. The van der Waals surface area contributed by atoms with Crippen LogP contribution in [0.4, 0.5) is 5.13 Å². The second kappa shape index (κ2) is 7.65. The number of nitrogens with one attached hydrogen (secondary N) is 1. The van der Waals surface area contributed by atoms with E-state index < -0.39 is 10.0 Å². The van der Waals surface area contributed by atoms with Gasteiger partial charge in [0.1, 0.15) is 11.5 Å². The van der Waals surface area contributed by atoms with Crippen molar-refractivity contribution in [2.45, 2.75) is 4.90 Å². The molecule has 0 amide bonds. The molecule has 3 rings (SSSR count). The molecule has 0 aliphatic rings. The normalized spacial score (nSPS) is 10.9. The molecule has 1 N–H and O–H groups in total. The molecule has 1 aromatic heterocycles. The summed E-state index contributed by atoms with van der Waals surface area (Å²) in [6, 6.07) is 13.0. The van der Waals surface area contributed by atoms with E-state index in [2.05, 4.69) is 9.71 Å². The lowest BCUT2D eigenvalue weighted by Crippen LogP contribution is -2.12. The Morgan fingerprint density at radius 1 is 1.15 bits per heavy atom. The first-order valence-electron chi connectivity index (χ1n) is 7.68. The number of rotatable bonds is 6. The number of nitrogens with zero attached hydrogens (tertiary/aromatic N) is 2. The third-order valence-corrected chi connectivity index (χ3v) is 5.91. The van der Waals surface area contributed by atoms with Gasteiger partial charge in [-0.3, -0.25) is 4.72 Å². The van der Waals surface area contributed by atoms with Crippen molar-refractivity contribution in [3.8, 4) is 28.8 Å². The van der Waals surface area contributed by atoms with E-state index in [1.54, 1.807) is 37.8 Å². The van der Waals surface area contributed by atoms with Gasteiger partial charge in [-0.25, -0.2) is 13.4 Å². The number of ether oxygens (including phenoxy) is 2. The lowest BCUT2D eigenvalue weighted by atomic mass is 10.1. The fraction of sp³-hybridized carbons (Fsp3) is 0.111. The van der Waals surface area contributed by atoms with E-state index in [4.69, 9.17) is 14.7 Å². The zero-order valence-electron chi connectivity index (χ0n) is 14.5. The summed E-state index contributed by atoms with van der Waals surface area (Å²) in [5.74, 6) is 1.23. The molecule has 1 heterocycles. The molecule has 2 aromatic carbocycles. The van der Waals surface area contributed by atoms with Crippen molar-refractivity contribution in [1.82, 2.24) is 4.98 Å². The van der Waals surface area contributed by atoms with Crippen molar-refractivity contribution in [3.05, 3.63) is 53.4 Å². The van der Waals surface area contributed by atoms with Crippen LogP contribution in [0.5, 0.6) is 11.5 Å². The monoisotopic (exact) mass is 401 g/mol. The highest BCUT2D eigenvalue weighted by Crippen LogP contribution is 2.35. The predicted molar refractivity (Wildman–Crippen MR) is 103 cm³/mol. The molecular formula is C18H15N3O4S2. The summed E-state index contributed by atoms with van der Waals surface area (Å²) in [5.41, 5.74) is 1.50. The average molecular weight is 401 g/mol.